The SMILES string of the molecule is CCN(CC)CCN1C(=O)c2oc3ccc(F)cc3c(=O)c2[C@H]1c1ccc(C)cc1. The number of hydrogen-bond acceptors (Lipinski definition) is 4. The molecule has 0 bridgehead atoms. The van der Waals surface area contributed by atoms with Gasteiger partial charge in [0.2, 0.25) is 5.76 Å². The molecule has 1 aliphatic rings. The molecule has 0 unspecified atom stereocenters. The number of benzene rings is 2. The lowest BCUT2D eigenvalue weighted by Gasteiger charge is -2.28. The van der Waals surface area contributed by atoms with Crippen molar-refractivity contribution in [1.82, 2.24) is 9.80 Å². The van der Waals surface area contributed by atoms with E-state index in [0.717, 1.165) is 24.2 Å². The van der Waals surface area contributed by atoms with Gasteiger partial charge in [0.05, 0.1) is 17.0 Å². The van der Waals surface area contributed by atoms with Crippen LogP contribution in [0, 0.1) is 12.7 Å². The second-order valence-corrected chi connectivity index (χ2v) is 7.65. The van der Waals surface area contributed by atoms with Gasteiger partial charge in [-0.15, -0.1) is 0 Å². The van der Waals surface area contributed by atoms with Crippen molar-refractivity contribution in [1.29, 1.82) is 0 Å². The number of carbonyl (C=O) groups is 1. The molecular formula is C24H25FN2O3. The molecule has 0 radical (unpaired) electrons. The van der Waals surface area contributed by atoms with Crippen molar-refractivity contribution < 1.29 is 13.6 Å². The van der Waals surface area contributed by atoms with E-state index in [2.05, 4.69) is 18.7 Å². The van der Waals surface area contributed by atoms with Gasteiger partial charge < -0.3 is 14.2 Å². The largest absolute Gasteiger partial charge is 0.450 e. The third kappa shape index (κ3) is 3.41. The van der Waals surface area contributed by atoms with Crippen molar-refractivity contribution in [2.24, 2.45) is 0 Å². The second kappa shape index (κ2) is 8.03. The van der Waals surface area contributed by atoms with E-state index >= 15 is 0 Å². The van der Waals surface area contributed by atoms with Crippen LogP contribution in [-0.2, 0) is 0 Å². The number of fused-ring (bicyclic) bond motifs is 2. The Labute approximate surface area is 174 Å². The predicted octanol–water partition coefficient (Wildman–Crippen LogP) is 4.13. The summed E-state index contributed by atoms with van der Waals surface area (Å²) in [6.45, 7) is 9.05. The lowest BCUT2D eigenvalue weighted by Crippen LogP contribution is -2.37. The van der Waals surface area contributed by atoms with Crippen molar-refractivity contribution in [2.75, 3.05) is 26.2 Å². The smallest absolute Gasteiger partial charge is 0.290 e. The Kier molecular flexibility index (Phi) is 5.43. The number of aryl methyl sites for hydroxylation is 1. The zero-order valence-electron chi connectivity index (χ0n) is 17.4. The summed E-state index contributed by atoms with van der Waals surface area (Å²) >= 11 is 0. The van der Waals surface area contributed by atoms with Crippen LogP contribution in [-0.4, -0.2) is 41.9 Å². The van der Waals surface area contributed by atoms with Crippen molar-refractivity contribution in [3.8, 4) is 0 Å². The molecule has 6 heteroatoms. The van der Waals surface area contributed by atoms with E-state index in [4.69, 9.17) is 4.42 Å². The lowest BCUT2D eigenvalue weighted by molar-refractivity contribution is 0.0708. The van der Waals surface area contributed by atoms with E-state index < -0.39 is 11.9 Å². The molecule has 0 fully saturated rings. The summed E-state index contributed by atoms with van der Waals surface area (Å²) in [5, 5.41) is 0.157. The Morgan fingerprint density at radius 1 is 1.07 bits per heavy atom. The van der Waals surface area contributed by atoms with Crippen LogP contribution in [0.15, 0.2) is 51.7 Å². The molecule has 1 aromatic heterocycles. The number of nitrogens with zero attached hydrogens (tertiary/aromatic N) is 2. The van der Waals surface area contributed by atoms with Crippen LogP contribution in [0.4, 0.5) is 4.39 Å². The topological polar surface area (TPSA) is 53.8 Å². The second-order valence-electron chi connectivity index (χ2n) is 7.65. The summed E-state index contributed by atoms with van der Waals surface area (Å²) < 4.78 is 19.7. The highest BCUT2D eigenvalue weighted by Crippen LogP contribution is 2.38. The number of hydrogen-bond donors (Lipinski definition) is 0. The van der Waals surface area contributed by atoms with E-state index in [9.17, 15) is 14.0 Å². The Morgan fingerprint density at radius 3 is 2.43 bits per heavy atom. The fourth-order valence-corrected chi connectivity index (χ4v) is 4.11. The third-order valence-electron chi connectivity index (χ3n) is 5.87. The zero-order valence-corrected chi connectivity index (χ0v) is 17.4. The number of amides is 1. The van der Waals surface area contributed by atoms with Crippen molar-refractivity contribution in [2.45, 2.75) is 26.8 Å². The summed E-state index contributed by atoms with van der Waals surface area (Å²) in [6, 6.07) is 11.0. The van der Waals surface area contributed by atoms with Gasteiger partial charge in [0.15, 0.2) is 5.43 Å². The summed E-state index contributed by atoms with van der Waals surface area (Å²) in [4.78, 5) is 30.6. The van der Waals surface area contributed by atoms with Crippen LogP contribution in [0.1, 0.15) is 47.1 Å². The van der Waals surface area contributed by atoms with E-state index in [1.165, 1.54) is 18.2 Å². The molecule has 3 aromatic rings. The van der Waals surface area contributed by atoms with Gasteiger partial charge in [-0.3, -0.25) is 9.59 Å². The van der Waals surface area contributed by atoms with Crippen LogP contribution in [0.2, 0.25) is 0 Å². The number of rotatable bonds is 6. The van der Waals surface area contributed by atoms with Gasteiger partial charge in [0.25, 0.3) is 5.91 Å². The normalized spacial score (nSPS) is 16.0. The van der Waals surface area contributed by atoms with Crippen molar-refractivity contribution in [3.05, 3.63) is 81.0 Å². The number of carbonyl (C=O) groups excluding carboxylic acids is 1. The lowest BCUT2D eigenvalue weighted by atomic mass is 9.97. The van der Waals surface area contributed by atoms with Gasteiger partial charge in [0.1, 0.15) is 11.4 Å². The van der Waals surface area contributed by atoms with Crippen molar-refractivity contribution in [3.63, 3.8) is 0 Å². The van der Waals surface area contributed by atoms with Crippen LogP contribution < -0.4 is 5.43 Å². The Balaban J connectivity index is 1.87. The van der Waals surface area contributed by atoms with Crippen LogP contribution in [0.25, 0.3) is 11.0 Å². The fourth-order valence-electron chi connectivity index (χ4n) is 4.11. The summed E-state index contributed by atoms with van der Waals surface area (Å²) in [5.41, 5.74) is 2.10. The molecule has 0 spiro atoms. The van der Waals surface area contributed by atoms with E-state index in [1.54, 1.807) is 4.90 Å². The molecule has 0 aliphatic carbocycles. The summed E-state index contributed by atoms with van der Waals surface area (Å²) in [5.74, 6) is -0.750. The number of likely N-dealkylation sites (N-methyl/N-ethyl adjacent to an activating group) is 1. The Bertz CT molecular complexity index is 1150. The number of halogens is 1. The maximum Gasteiger partial charge on any atom is 0.290 e. The third-order valence-corrected chi connectivity index (χ3v) is 5.87. The molecule has 30 heavy (non-hydrogen) atoms. The fraction of sp³-hybridized carbons (Fsp3) is 0.333. The minimum Gasteiger partial charge on any atom is -0.450 e. The zero-order chi connectivity index (χ0) is 21.4. The molecular weight excluding hydrogens is 383 g/mol. The summed E-state index contributed by atoms with van der Waals surface area (Å²) in [7, 11) is 0. The molecule has 156 valence electrons. The molecule has 0 saturated heterocycles. The van der Waals surface area contributed by atoms with Gasteiger partial charge >= 0.3 is 0 Å². The molecule has 5 nitrogen and oxygen atoms in total. The molecule has 2 aromatic carbocycles. The first kappa shape index (κ1) is 20.3. The van der Waals surface area contributed by atoms with E-state index in [-0.39, 0.29) is 28.1 Å². The maximum absolute atomic E-state index is 13.8. The highest BCUT2D eigenvalue weighted by Gasteiger charge is 2.42. The average molecular weight is 408 g/mol. The van der Waals surface area contributed by atoms with Crippen LogP contribution in [0.3, 0.4) is 0 Å². The van der Waals surface area contributed by atoms with Gasteiger partial charge in [-0.1, -0.05) is 43.7 Å². The molecule has 4 rings (SSSR count). The predicted molar refractivity (Wildman–Crippen MR) is 114 cm³/mol. The molecule has 1 atom stereocenters. The van der Waals surface area contributed by atoms with E-state index in [0.29, 0.717) is 18.7 Å². The first-order valence-corrected chi connectivity index (χ1v) is 10.3. The minimum atomic E-state index is -0.549. The highest BCUT2D eigenvalue weighted by atomic mass is 19.1. The van der Waals surface area contributed by atoms with Gasteiger partial charge in [-0.2, -0.15) is 0 Å². The molecule has 0 saturated carbocycles. The van der Waals surface area contributed by atoms with Gasteiger partial charge in [0, 0.05) is 13.1 Å². The van der Waals surface area contributed by atoms with Crippen LogP contribution >= 0.6 is 0 Å². The first-order valence-electron chi connectivity index (χ1n) is 10.3. The quantitative estimate of drug-likeness (QED) is 0.616. The molecule has 2 heterocycles. The minimum absolute atomic E-state index is 0.0595. The first-order chi connectivity index (χ1) is 14.4. The Morgan fingerprint density at radius 2 is 1.77 bits per heavy atom. The molecule has 1 aliphatic heterocycles. The monoisotopic (exact) mass is 408 g/mol. The van der Waals surface area contributed by atoms with Crippen LogP contribution in [0.5, 0.6) is 0 Å². The maximum atomic E-state index is 13.8. The molecule has 1 amide bonds. The van der Waals surface area contributed by atoms with E-state index in [1.807, 2.05) is 31.2 Å². The Hall–Kier alpha value is -2.99. The standard InChI is InChI=1S/C24H25FN2O3/c1-4-26(5-2)12-13-27-21(16-8-6-15(3)7-9-16)20-22(28)18-14-17(25)10-11-19(18)30-23(20)24(27)29/h6-11,14,21H,4-5,12-13H2,1-3H3/t21-/m1/s1. The summed E-state index contributed by atoms with van der Waals surface area (Å²) in [6.07, 6.45) is 0. The molecule has 0 N–H and O–H groups in total. The van der Waals surface area contributed by atoms with Gasteiger partial charge in [-0.25, -0.2) is 4.39 Å². The average Bonchev–Trinajstić information content (AvgIpc) is 3.02. The van der Waals surface area contributed by atoms with Crippen molar-refractivity contribution >= 4 is 16.9 Å². The highest BCUT2D eigenvalue weighted by molar-refractivity contribution is 5.99. The van der Waals surface area contributed by atoms with Gasteiger partial charge in [-0.05, 0) is 43.8 Å².